The molecule has 0 bridgehead atoms. The zero-order valence-corrected chi connectivity index (χ0v) is 12.4. The molecule has 0 fully saturated rings. The maximum absolute atomic E-state index is 11.4. The van der Waals surface area contributed by atoms with Gasteiger partial charge in [-0.15, -0.1) is 0 Å². The Morgan fingerprint density at radius 1 is 0.636 bits per heavy atom. The van der Waals surface area contributed by atoms with Crippen LogP contribution in [0.2, 0.25) is 0 Å². The van der Waals surface area contributed by atoms with E-state index in [4.69, 9.17) is 0 Å². The highest BCUT2D eigenvalue weighted by Gasteiger charge is 2.11. The van der Waals surface area contributed by atoms with Gasteiger partial charge in [0.25, 0.3) is 0 Å². The van der Waals surface area contributed by atoms with Crippen molar-refractivity contribution in [2.75, 3.05) is 26.2 Å². The molecule has 8 nitrogen and oxygen atoms in total. The molecule has 8 heteroatoms. The fourth-order valence-electron chi connectivity index (χ4n) is 1.31. The summed E-state index contributed by atoms with van der Waals surface area (Å²) in [7, 11) is 0. The third-order valence-electron chi connectivity index (χ3n) is 2.45. The number of hydrogen-bond donors (Lipinski definition) is 4. The number of carbonyl (C=O) groups is 4. The molecule has 0 heterocycles. The lowest BCUT2D eigenvalue weighted by Gasteiger charge is -2.07. The number of amides is 4. The second kappa shape index (κ2) is 12.1. The number of rotatable bonds is 10. The molecule has 0 aromatic carbocycles. The van der Waals surface area contributed by atoms with Gasteiger partial charge < -0.3 is 21.3 Å². The van der Waals surface area contributed by atoms with Gasteiger partial charge in [0.2, 0.25) is 11.8 Å². The zero-order chi connectivity index (χ0) is 16.8. The Balaban J connectivity index is 3.60. The predicted molar refractivity (Wildman–Crippen MR) is 81.7 cm³/mol. The lowest BCUT2D eigenvalue weighted by atomic mass is 10.3. The Morgan fingerprint density at radius 3 is 1.27 bits per heavy atom. The molecule has 122 valence electrons. The van der Waals surface area contributed by atoms with E-state index in [-0.39, 0.29) is 24.9 Å². The van der Waals surface area contributed by atoms with Crippen molar-refractivity contribution in [1.82, 2.24) is 21.3 Å². The lowest BCUT2D eigenvalue weighted by molar-refractivity contribution is -0.139. The van der Waals surface area contributed by atoms with Crippen LogP contribution >= 0.6 is 0 Å². The topological polar surface area (TPSA) is 116 Å². The van der Waals surface area contributed by atoms with Crippen LogP contribution in [0.1, 0.15) is 12.8 Å². The molecule has 0 radical (unpaired) electrons. The van der Waals surface area contributed by atoms with Gasteiger partial charge in [0.1, 0.15) is 0 Å². The van der Waals surface area contributed by atoms with Crippen molar-refractivity contribution in [2.24, 2.45) is 0 Å². The highest BCUT2D eigenvalue weighted by Crippen LogP contribution is 1.79. The summed E-state index contributed by atoms with van der Waals surface area (Å²) < 4.78 is 0. The van der Waals surface area contributed by atoms with Crippen molar-refractivity contribution >= 4 is 23.6 Å². The Morgan fingerprint density at radius 2 is 0.955 bits per heavy atom. The van der Waals surface area contributed by atoms with Gasteiger partial charge in [-0.3, -0.25) is 19.2 Å². The van der Waals surface area contributed by atoms with Crippen molar-refractivity contribution in [3.05, 3.63) is 25.3 Å². The number of hydrogen-bond acceptors (Lipinski definition) is 4. The van der Waals surface area contributed by atoms with Crippen LogP contribution in [0.15, 0.2) is 25.3 Å². The zero-order valence-electron chi connectivity index (χ0n) is 12.4. The smallest absolute Gasteiger partial charge is 0.309 e. The normalized spacial score (nSPS) is 9.27. The third kappa shape index (κ3) is 10.2. The van der Waals surface area contributed by atoms with Crippen LogP contribution in [0.4, 0.5) is 0 Å². The maximum atomic E-state index is 11.4. The Labute approximate surface area is 129 Å². The molecule has 22 heavy (non-hydrogen) atoms. The van der Waals surface area contributed by atoms with Crippen molar-refractivity contribution in [2.45, 2.75) is 12.8 Å². The molecule has 0 saturated heterocycles. The summed E-state index contributed by atoms with van der Waals surface area (Å²) in [6.07, 6.45) is 3.32. The first-order valence-electron chi connectivity index (χ1n) is 6.87. The van der Waals surface area contributed by atoms with Gasteiger partial charge in [0, 0.05) is 26.2 Å². The van der Waals surface area contributed by atoms with Crippen LogP contribution in [0.3, 0.4) is 0 Å². The van der Waals surface area contributed by atoms with Crippen LogP contribution in [0.5, 0.6) is 0 Å². The molecule has 0 saturated carbocycles. The summed E-state index contributed by atoms with van der Waals surface area (Å²) in [6, 6.07) is 0. The van der Waals surface area contributed by atoms with Crippen LogP contribution in [0.25, 0.3) is 0 Å². The van der Waals surface area contributed by atoms with Crippen LogP contribution in [-0.2, 0) is 19.2 Å². The summed E-state index contributed by atoms with van der Waals surface area (Å²) in [5, 5.41) is 9.96. The fraction of sp³-hybridized carbons (Fsp3) is 0.429. The summed E-state index contributed by atoms with van der Waals surface area (Å²) >= 11 is 0. The average Bonchev–Trinajstić information content (AvgIpc) is 2.52. The summed E-state index contributed by atoms with van der Waals surface area (Å²) in [5.74, 6) is -2.03. The summed E-state index contributed by atoms with van der Waals surface area (Å²) in [6.45, 7) is 7.93. The minimum absolute atomic E-state index is 0.277. The van der Waals surface area contributed by atoms with E-state index in [1.165, 1.54) is 0 Å². The molecule has 0 aliphatic carbocycles. The first-order valence-corrected chi connectivity index (χ1v) is 6.87. The SMILES string of the molecule is C=CC(=O)NCCCNC(=O)C(=O)NCCCNC(=O)C=C. The Hall–Kier alpha value is -2.64. The molecule has 0 rings (SSSR count). The molecule has 0 atom stereocenters. The minimum atomic E-state index is -0.731. The quantitative estimate of drug-likeness (QED) is 0.226. The number of nitrogens with one attached hydrogen (secondary N) is 4. The van der Waals surface area contributed by atoms with Gasteiger partial charge in [-0.05, 0) is 25.0 Å². The Bertz CT molecular complexity index is 395. The van der Waals surface area contributed by atoms with Gasteiger partial charge >= 0.3 is 11.8 Å². The van der Waals surface area contributed by atoms with E-state index in [0.29, 0.717) is 25.9 Å². The molecule has 0 aromatic rings. The third-order valence-corrected chi connectivity index (χ3v) is 2.45. The van der Waals surface area contributed by atoms with Crippen molar-refractivity contribution in [3.63, 3.8) is 0 Å². The Kier molecular flexibility index (Phi) is 10.7. The molecule has 4 N–H and O–H groups in total. The van der Waals surface area contributed by atoms with Crippen LogP contribution in [-0.4, -0.2) is 49.8 Å². The van der Waals surface area contributed by atoms with E-state index in [9.17, 15) is 19.2 Å². The van der Waals surface area contributed by atoms with Crippen molar-refractivity contribution in [3.8, 4) is 0 Å². The van der Waals surface area contributed by atoms with Crippen molar-refractivity contribution in [1.29, 1.82) is 0 Å². The largest absolute Gasteiger partial charge is 0.353 e. The molecular weight excluding hydrogens is 288 g/mol. The van der Waals surface area contributed by atoms with Gasteiger partial charge in [-0.25, -0.2) is 0 Å². The highest BCUT2D eigenvalue weighted by molar-refractivity contribution is 6.35. The van der Waals surface area contributed by atoms with Crippen molar-refractivity contribution < 1.29 is 19.2 Å². The van der Waals surface area contributed by atoms with Gasteiger partial charge in [-0.1, -0.05) is 13.2 Å². The monoisotopic (exact) mass is 310 g/mol. The minimum Gasteiger partial charge on any atom is -0.353 e. The van der Waals surface area contributed by atoms with E-state index in [1.54, 1.807) is 0 Å². The predicted octanol–water partition coefficient (Wildman–Crippen LogP) is -1.40. The lowest BCUT2D eigenvalue weighted by Crippen LogP contribution is -2.41. The van der Waals surface area contributed by atoms with E-state index < -0.39 is 11.8 Å². The highest BCUT2D eigenvalue weighted by atomic mass is 16.2. The first-order chi connectivity index (χ1) is 10.5. The summed E-state index contributed by atoms with van der Waals surface area (Å²) in [4.78, 5) is 44.5. The fourth-order valence-corrected chi connectivity index (χ4v) is 1.31. The van der Waals surface area contributed by atoms with E-state index in [2.05, 4.69) is 34.4 Å². The van der Waals surface area contributed by atoms with Gasteiger partial charge in [0.15, 0.2) is 0 Å². The average molecular weight is 310 g/mol. The second-order valence-electron chi connectivity index (χ2n) is 4.21. The van der Waals surface area contributed by atoms with E-state index in [1.807, 2.05) is 0 Å². The van der Waals surface area contributed by atoms with E-state index >= 15 is 0 Å². The maximum Gasteiger partial charge on any atom is 0.309 e. The van der Waals surface area contributed by atoms with Gasteiger partial charge in [0.05, 0.1) is 0 Å². The number of carbonyl (C=O) groups excluding carboxylic acids is 4. The second-order valence-corrected chi connectivity index (χ2v) is 4.21. The molecule has 0 aliphatic heterocycles. The molecule has 0 aliphatic rings. The standard InChI is InChI=1S/C14H22N4O4/c1-3-11(19)15-7-5-9-17-13(21)14(22)18-10-6-8-16-12(20)4-2/h3-4H,1-2,5-10H2,(H,15,19)(H,16,20)(H,17,21)(H,18,22). The summed E-state index contributed by atoms with van der Waals surface area (Å²) in [5.41, 5.74) is 0. The molecule has 0 unspecified atom stereocenters. The molecular formula is C14H22N4O4. The van der Waals surface area contributed by atoms with Crippen LogP contribution < -0.4 is 21.3 Å². The molecule has 0 aromatic heterocycles. The first kappa shape index (κ1) is 19.4. The molecule has 4 amide bonds. The van der Waals surface area contributed by atoms with E-state index in [0.717, 1.165) is 12.2 Å². The molecule has 0 spiro atoms. The van der Waals surface area contributed by atoms with Crippen LogP contribution in [0, 0.1) is 0 Å². The van der Waals surface area contributed by atoms with Gasteiger partial charge in [-0.2, -0.15) is 0 Å².